The van der Waals surface area contributed by atoms with E-state index in [1.54, 1.807) is 0 Å². The summed E-state index contributed by atoms with van der Waals surface area (Å²) in [6.07, 6.45) is -7.58. The molecule has 0 bridgehead atoms. The Balaban J connectivity index is 2.94. The molecule has 0 radical (unpaired) electrons. The highest BCUT2D eigenvalue weighted by atomic mass is 16.7. The van der Waals surface area contributed by atoms with Gasteiger partial charge in [0.25, 0.3) is 0 Å². The number of aliphatic hydroxyl groups is 5. The van der Waals surface area contributed by atoms with Crippen molar-refractivity contribution in [3.63, 3.8) is 0 Å². The van der Waals surface area contributed by atoms with E-state index in [1.807, 2.05) is 0 Å². The van der Waals surface area contributed by atoms with Crippen LogP contribution in [0.3, 0.4) is 0 Å². The van der Waals surface area contributed by atoms with Crippen molar-refractivity contribution in [3.05, 3.63) is 12.7 Å². The van der Waals surface area contributed by atoms with Gasteiger partial charge in [-0.15, -0.1) is 6.58 Å². The predicted octanol–water partition coefficient (Wildman–Crippen LogP) is -2.71. The number of rotatable bonds is 3. The van der Waals surface area contributed by atoms with Gasteiger partial charge in [-0.2, -0.15) is 0 Å². The maximum atomic E-state index is 11.6. The Morgan fingerprint density at radius 2 is 1.94 bits per heavy atom. The van der Waals surface area contributed by atoms with Gasteiger partial charge >= 0.3 is 0 Å². The molecule has 1 aliphatic heterocycles. The predicted molar refractivity (Wildman–Crippen MR) is 54.7 cm³/mol. The lowest BCUT2D eigenvalue weighted by Gasteiger charge is -2.43. The zero-order chi connectivity index (χ0) is 13.4. The van der Waals surface area contributed by atoms with Crippen molar-refractivity contribution < 1.29 is 35.1 Å². The van der Waals surface area contributed by atoms with E-state index in [0.29, 0.717) is 0 Å². The van der Waals surface area contributed by atoms with Gasteiger partial charge in [-0.05, 0) is 6.92 Å². The Kier molecular flexibility index (Phi) is 4.03. The number of aliphatic hydroxyl groups excluding tert-OH is 4. The van der Waals surface area contributed by atoms with Crippen LogP contribution >= 0.6 is 0 Å². The Labute approximate surface area is 97.6 Å². The van der Waals surface area contributed by atoms with Crippen LogP contribution < -0.4 is 0 Å². The first kappa shape index (κ1) is 14.2. The number of ketones is 1. The zero-order valence-electron chi connectivity index (χ0n) is 9.22. The van der Waals surface area contributed by atoms with Gasteiger partial charge in [0.05, 0.1) is 0 Å². The molecule has 1 fully saturated rings. The van der Waals surface area contributed by atoms with Crippen LogP contribution in [0.5, 0.6) is 0 Å². The molecule has 6 atom stereocenters. The van der Waals surface area contributed by atoms with Crippen LogP contribution in [0, 0.1) is 0 Å². The number of carbonyl (C=O) groups is 1. The maximum absolute atomic E-state index is 11.6. The quantitative estimate of drug-likeness (QED) is 0.344. The molecule has 0 aromatic heterocycles. The van der Waals surface area contributed by atoms with Crippen LogP contribution in [0.25, 0.3) is 0 Å². The van der Waals surface area contributed by atoms with Crippen molar-refractivity contribution in [3.8, 4) is 0 Å². The molecule has 1 saturated heterocycles. The molecule has 7 nitrogen and oxygen atoms in total. The Morgan fingerprint density at radius 3 is 2.41 bits per heavy atom. The van der Waals surface area contributed by atoms with Crippen LogP contribution in [0.15, 0.2) is 12.7 Å². The maximum Gasteiger partial charge on any atom is 0.196 e. The van der Waals surface area contributed by atoms with Crippen LogP contribution in [0.1, 0.15) is 6.92 Å². The van der Waals surface area contributed by atoms with Crippen molar-refractivity contribution in [1.82, 2.24) is 0 Å². The van der Waals surface area contributed by atoms with E-state index in [1.165, 1.54) is 0 Å². The lowest BCUT2D eigenvalue weighted by molar-refractivity contribution is -0.330. The summed E-state index contributed by atoms with van der Waals surface area (Å²) >= 11 is 0. The topological polar surface area (TPSA) is 127 Å². The largest absolute Gasteiger partial charge is 0.387 e. The van der Waals surface area contributed by atoms with Crippen molar-refractivity contribution >= 4 is 5.78 Å². The number of ether oxygens (including phenoxy) is 1. The first-order valence-corrected chi connectivity index (χ1v) is 5.01. The van der Waals surface area contributed by atoms with Gasteiger partial charge in [-0.1, -0.05) is 6.08 Å². The van der Waals surface area contributed by atoms with Gasteiger partial charge in [-0.25, -0.2) is 0 Å². The van der Waals surface area contributed by atoms with Gasteiger partial charge in [0, 0.05) is 0 Å². The fourth-order valence-corrected chi connectivity index (χ4v) is 1.59. The van der Waals surface area contributed by atoms with Crippen LogP contribution in [-0.4, -0.2) is 67.6 Å². The molecule has 0 saturated carbocycles. The SMILES string of the molecule is C=CC(O)C(=O)[C@H]1OC(C)(O)[C@H](O)[C@@H](O)[C@@H]1O. The Bertz CT molecular complexity index is 314. The molecule has 0 amide bonds. The average molecular weight is 248 g/mol. The summed E-state index contributed by atoms with van der Waals surface area (Å²) < 4.78 is 4.79. The number of Topliss-reactive ketones (excluding diaryl/α,β-unsaturated/α-hetero) is 1. The van der Waals surface area contributed by atoms with Crippen molar-refractivity contribution in [2.24, 2.45) is 0 Å². The molecule has 0 aromatic rings. The lowest BCUT2D eigenvalue weighted by atomic mass is 9.90. The second kappa shape index (κ2) is 4.81. The second-order valence-corrected chi connectivity index (χ2v) is 4.10. The monoisotopic (exact) mass is 248 g/mol. The molecule has 0 aliphatic carbocycles. The van der Waals surface area contributed by atoms with E-state index in [2.05, 4.69) is 6.58 Å². The van der Waals surface area contributed by atoms with E-state index >= 15 is 0 Å². The van der Waals surface area contributed by atoms with Crippen molar-refractivity contribution in [1.29, 1.82) is 0 Å². The highest BCUT2D eigenvalue weighted by Gasteiger charge is 2.52. The standard InChI is InChI=1S/C10H16O7/c1-3-4(11)5(12)8-6(13)7(14)9(15)10(2,16)17-8/h3-4,6-9,11,13-16H,1H2,2H3/t4?,6-,7-,8+,9+,10?/m0/s1. The van der Waals surface area contributed by atoms with E-state index < -0.39 is 42.1 Å². The number of hydrogen-bond acceptors (Lipinski definition) is 7. The van der Waals surface area contributed by atoms with Gasteiger partial charge in [0.1, 0.15) is 24.4 Å². The minimum atomic E-state index is -2.19. The summed E-state index contributed by atoms with van der Waals surface area (Å²) in [6, 6.07) is 0. The minimum Gasteiger partial charge on any atom is -0.387 e. The molecule has 5 N–H and O–H groups in total. The van der Waals surface area contributed by atoms with Gasteiger partial charge < -0.3 is 30.3 Å². The van der Waals surface area contributed by atoms with E-state index in [4.69, 9.17) is 4.74 Å². The molecule has 7 heteroatoms. The lowest BCUT2D eigenvalue weighted by Crippen LogP contribution is -2.65. The summed E-state index contributed by atoms with van der Waals surface area (Å²) in [5.74, 6) is -3.15. The highest BCUT2D eigenvalue weighted by Crippen LogP contribution is 2.28. The normalized spacial score (nSPS) is 44.1. The van der Waals surface area contributed by atoms with Crippen LogP contribution in [-0.2, 0) is 9.53 Å². The molecule has 2 unspecified atom stereocenters. The molecule has 17 heavy (non-hydrogen) atoms. The van der Waals surface area contributed by atoms with E-state index in [-0.39, 0.29) is 0 Å². The molecule has 0 aromatic carbocycles. The summed E-state index contributed by atoms with van der Waals surface area (Å²) in [5, 5.41) is 47.2. The Hall–Kier alpha value is -0.830. The van der Waals surface area contributed by atoms with Gasteiger partial charge in [0.2, 0.25) is 0 Å². The number of hydrogen-bond donors (Lipinski definition) is 5. The van der Waals surface area contributed by atoms with E-state index in [0.717, 1.165) is 13.0 Å². The van der Waals surface area contributed by atoms with Gasteiger partial charge in [-0.3, -0.25) is 4.79 Å². The fourth-order valence-electron chi connectivity index (χ4n) is 1.59. The third kappa shape index (κ3) is 2.54. The summed E-state index contributed by atoms with van der Waals surface area (Å²) in [7, 11) is 0. The summed E-state index contributed by atoms with van der Waals surface area (Å²) in [5.41, 5.74) is 0. The highest BCUT2D eigenvalue weighted by molar-refractivity contribution is 5.89. The fraction of sp³-hybridized carbons (Fsp3) is 0.700. The van der Waals surface area contributed by atoms with Crippen LogP contribution in [0.2, 0.25) is 0 Å². The second-order valence-electron chi connectivity index (χ2n) is 4.10. The molecule has 1 rings (SSSR count). The third-order valence-corrected chi connectivity index (χ3v) is 2.69. The first-order valence-electron chi connectivity index (χ1n) is 5.01. The average Bonchev–Trinajstić information content (AvgIpc) is 2.29. The van der Waals surface area contributed by atoms with Crippen LogP contribution in [0.4, 0.5) is 0 Å². The minimum absolute atomic E-state index is 0.921. The van der Waals surface area contributed by atoms with E-state index in [9.17, 15) is 30.3 Å². The summed E-state index contributed by atoms with van der Waals surface area (Å²) in [4.78, 5) is 11.6. The molecular weight excluding hydrogens is 232 g/mol. The summed E-state index contributed by atoms with van der Waals surface area (Å²) in [6.45, 7) is 4.22. The number of carbonyl (C=O) groups excluding carboxylic acids is 1. The molecular formula is C10H16O7. The molecule has 0 spiro atoms. The molecule has 98 valence electrons. The third-order valence-electron chi connectivity index (χ3n) is 2.69. The van der Waals surface area contributed by atoms with Gasteiger partial charge in [0.15, 0.2) is 17.7 Å². The first-order chi connectivity index (χ1) is 7.72. The smallest absolute Gasteiger partial charge is 0.196 e. The molecule has 1 heterocycles. The zero-order valence-corrected chi connectivity index (χ0v) is 9.22. The Morgan fingerprint density at radius 1 is 1.41 bits per heavy atom. The van der Waals surface area contributed by atoms with Crippen molar-refractivity contribution in [2.45, 2.75) is 43.2 Å². The van der Waals surface area contributed by atoms with Crippen molar-refractivity contribution in [2.75, 3.05) is 0 Å². The molecule has 1 aliphatic rings.